The lowest BCUT2D eigenvalue weighted by Crippen LogP contribution is -2.48. The molecule has 142 valence electrons. The number of nitrogens with zero attached hydrogens (tertiary/aromatic N) is 1. The van der Waals surface area contributed by atoms with Crippen molar-refractivity contribution in [1.82, 2.24) is 15.6 Å². The molecule has 3 heterocycles. The lowest BCUT2D eigenvalue weighted by molar-refractivity contribution is 0.0927. The Morgan fingerprint density at radius 1 is 1.19 bits per heavy atom. The van der Waals surface area contributed by atoms with E-state index in [-0.39, 0.29) is 36.8 Å². The van der Waals surface area contributed by atoms with E-state index in [4.69, 9.17) is 11.6 Å². The summed E-state index contributed by atoms with van der Waals surface area (Å²) in [6.07, 6.45) is 4.53. The normalized spacial score (nSPS) is 23.7. The highest BCUT2D eigenvalue weighted by Gasteiger charge is 2.34. The fourth-order valence-electron chi connectivity index (χ4n) is 3.75. The van der Waals surface area contributed by atoms with Gasteiger partial charge in [-0.1, -0.05) is 23.7 Å². The van der Waals surface area contributed by atoms with Crippen molar-refractivity contribution >= 4 is 53.7 Å². The molecular formula is C18H22Cl3N3OS. The first-order valence-corrected chi connectivity index (χ1v) is 9.58. The van der Waals surface area contributed by atoms with Crippen LogP contribution < -0.4 is 10.6 Å². The number of aromatic nitrogens is 1. The molecule has 4 rings (SSSR count). The average molecular weight is 435 g/mol. The van der Waals surface area contributed by atoms with Crippen molar-refractivity contribution in [3.8, 4) is 10.6 Å². The smallest absolute Gasteiger partial charge is 0.263 e. The molecule has 2 bridgehead atoms. The molecule has 2 atom stereocenters. The number of carbonyl (C=O) groups excluding carboxylic acids is 1. The minimum atomic E-state index is 0. The van der Waals surface area contributed by atoms with E-state index in [1.54, 1.807) is 0 Å². The van der Waals surface area contributed by atoms with Gasteiger partial charge in [0.15, 0.2) is 0 Å². The number of nitrogens with one attached hydrogen (secondary N) is 2. The molecule has 2 unspecified atom stereocenters. The topological polar surface area (TPSA) is 54.0 Å². The van der Waals surface area contributed by atoms with Gasteiger partial charge in [0.25, 0.3) is 5.91 Å². The molecule has 4 nitrogen and oxygen atoms in total. The van der Waals surface area contributed by atoms with Gasteiger partial charge in [0.1, 0.15) is 9.88 Å². The number of halogens is 3. The van der Waals surface area contributed by atoms with Crippen LogP contribution in [-0.2, 0) is 0 Å². The molecule has 2 aromatic rings. The van der Waals surface area contributed by atoms with E-state index in [2.05, 4.69) is 15.6 Å². The largest absolute Gasteiger partial charge is 0.348 e. The zero-order valence-corrected chi connectivity index (χ0v) is 17.5. The van der Waals surface area contributed by atoms with Gasteiger partial charge < -0.3 is 10.6 Å². The lowest BCUT2D eigenvalue weighted by Gasteiger charge is -2.29. The van der Waals surface area contributed by atoms with Crippen LogP contribution in [0.25, 0.3) is 10.6 Å². The van der Waals surface area contributed by atoms with Crippen molar-refractivity contribution in [3.63, 3.8) is 0 Å². The molecule has 2 aliphatic heterocycles. The Morgan fingerprint density at radius 3 is 2.42 bits per heavy atom. The molecule has 26 heavy (non-hydrogen) atoms. The second-order valence-corrected chi connectivity index (χ2v) is 8.16. The van der Waals surface area contributed by atoms with Crippen LogP contribution in [0.3, 0.4) is 0 Å². The number of hydrogen-bond acceptors (Lipinski definition) is 4. The molecular weight excluding hydrogens is 413 g/mol. The summed E-state index contributed by atoms with van der Waals surface area (Å²) in [4.78, 5) is 18.0. The molecule has 0 spiro atoms. The highest BCUT2D eigenvalue weighted by atomic mass is 35.5. The van der Waals surface area contributed by atoms with E-state index in [9.17, 15) is 4.79 Å². The number of fused-ring (bicyclic) bond motifs is 2. The third-order valence-electron chi connectivity index (χ3n) is 4.90. The summed E-state index contributed by atoms with van der Waals surface area (Å²) < 4.78 is 0. The monoisotopic (exact) mass is 433 g/mol. The van der Waals surface area contributed by atoms with E-state index in [0.717, 1.165) is 29.1 Å². The van der Waals surface area contributed by atoms with Gasteiger partial charge in [-0.15, -0.1) is 36.2 Å². The second kappa shape index (κ2) is 8.89. The lowest BCUT2D eigenvalue weighted by atomic mass is 10.00. The van der Waals surface area contributed by atoms with Gasteiger partial charge >= 0.3 is 0 Å². The predicted octanol–water partition coefficient (Wildman–Crippen LogP) is 4.63. The maximum Gasteiger partial charge on any atom is 0.263 e. The number of benzene rings is 1. The summed E-state index contributed by atoms with van der Waals surface area (Å²) in [6.45, 7) is 1.90. The molecule has 2 fully saturated rings. The van der Waals surface area contributed by atoms with Crippen LogP contribution in [-0.4, -0.2) is 29.0 Å². The van der Waals surface area contributed by atoms with E-state index < -0.39 is 0 Å². The third-order valence-corrected chi connectivity index (χ3v) is 6.36. The third kappa shape index (κ3) is 4.52. The van der Waals surface area contributed by atoms with Gasteiger partial charge in [0.05, 0.1) is 5.69 Å². The summed E-state index contributed by atoms with van der Waals surface area (Å²) >= 11 is 7.39. The van der Waals surface area contributed by atoms with Crippen molar-refractivity contribution in [2.24, 2.45) is 0 Å². The van der Waals surface area contributed by atoms with Crippen LogP contribution in [0.2, 0.25) is 5.02 Å². The Morgan fingerprint density at radius 2 is 1.81 bits per heavy atom. The zero-order chi connectivity index (χ0) is 16.7. The minimum Gasteiger partial charge on any atom is -0.348 e. The fourth-order valence-corrected chi connectivity index (χ4v) is 4.85. The Hall–Kier alpha value is -0.850. The number of carbonyl (C=O) groups is 1. The summed E-state index contributed by atoms with van der Waals surface area (Å²) in [5.74, 6) is 0.0107. The van der Waals surface area contributed by atoms with Crippen molar-refractivity contribution < 1.29 is 4.79 Å². The first-order valence-electron chi connectivity index (χ1n) is 8.39. The van der Waals surface area contributed by atoms with Crippen LogP contribution >= 0.6 is 47.8 Å². The molecule has 0 radical (unpaired) electrons. The van der Waals surface area contributed by atoms with Crippen molar-refractivity contribution in [1.29, 1.82) is 0 Å². The van der Waals surface area contributed by atoms with E-state index >= 15 is 0 Å². The molecule has 2 aliphatic rings. The van der Waals surface area contributed by atoms with Crippen molar-refractivity contribution in [3.05, 3.63) is 39.9 Å². The van der Waals surface area contributed by atoms with Crippen molar-refractivity contribution in [2.45, 2.75) is 50.7 Å². The summed E-state index contributed by atoms with van der Waals surface area (Å²) in [7, 11) is 0. The minimum absolute atomic E-state index is 0. The predicted molar refractivity (Wildman–Crippen MR) is 112 cm³/mol. The SMILES string of the molecule is Cc1nc(-c2ccc(Cl)cc2)sc1C(=O)NC1CC2CCC(C1)N2.Cl.Cl. The Bertz CT molecular complexity index is 754. The van der Waals surface area contributed by atoms with Gasteiger partial charge in [-0.3, -0.25) is 4.79 Å². The Labute approximate surface area is 174 Å². The van der Waals surface area contributed by atoms with Gasteiger partial charge in [0, 0.05) is 28.7 Å². The molecule has 1 aromatic heterocycles. The Balaban J connectivity index is 0.00000121. The standard InChI is InChI=1S/C18H20ClN3OS.2ClH/c1-10-16(24-18(20-10)11-2-4-12(19)5-3-11)17(23)22-15-8-13-6-7-14(9-15)21-13;;/h2-5,13-15,21H,6-9H2,1H3,(H,22,23);2*1H. The first kappa shape index (κ1) is 21.5. The highest BCUT2D eigenvalue weighted by molar-refractivity contribution is 7.17. The van der Waals surface area contributed by atoms with Gasteiger partial charge in [-0.25, -0.2) is 4.98 Å². The number of thiazole rings is 1. The van der Waals surface area contributed by atoms with Gasteiger partial charge in [0.2, 0.25) is 0 Å². The summed E-state index contributed by atoms with van der Waals surface area (Å²) in [6, 6.07) is 8.98. The first-order chi connectivity index (χ1) is 11.6. The molecule has 0 saturated carbocycles. The number of aryl methyl sites for hydroxylation is 1. The Kier molecular flexibility index (Phi) is 7.34. The summed E-state index contributed by atoms with van der Waals surface area (Å²) in [5, 5.41) is 8.38. The number of hydrogen-bond donors (Lipinski definition) is 2. The summed E-state index contributed by atoms with van der Waals surface area (Å²) in [5.41, 5.74) is 1.78. The van der Waals surface area contributed by atoms with Crippen LogP contribution in [0, 0.1) is 6.92 Å². The molecule has 2 N–H and O–H groups in total. The fraction of sp³-hybridized carbons (Fsp3) is 0.444. The molecule has 2 saturated heterocycles. The van der Waals surface area contributed by atoms with Crippen molar-refractivity contribution in [2.75, 3.05) is 0 Å². The van der Waals surface area contributed by atoms with E-state index in [1.807, 2.05) is 31.2 Å². The maximum atomic E-state index is 12.7. The average Bonchev–Trinajstić information content (AvgIpc) is 3.10. The van der Waals surface area contributed by atoms with Crippen LogP contribution in [0.4, 0.5) is 0 Å². The van der Waals surface area contributed by atoms with Gasteiger partial charge in [-0.05, 0) is 44.7 Å². The zero-order valence-electron chi connectivity index (χ0n) is 14.3. The quantitative estimate of drug-likeness (QED) is 0.740. The van der Waals surface area contributed by atoms with Crippen LogP contribution in [0.5, 0.6) is 0 Å². The van der Waals surface area contributed by atoms with Crippen LogP contribution in [0.1, 0.15) is 41.0 Å². The van der Waals surface area contributed by atoms with Crippen LogP contribution in [0.15, 0.2) is 24.3 Å². The molecule has 0 aliphatic carbocycles. The molecule has 1 aromatic carbocycles. The molecule has 8 heteroatoms. The van der Waals surface area contributed by atoms with E-state index in [0.29, 0.717) is 22.0 Å². The second-order valence-electron chi connectivity index (χ2n) is 6.72. The number of rotatable bonds is 3. The number of piperidine rings is 1. The molecule has 1 amide bonds. The van der Waals surface area contributed by atoms with Gasteiger partial charge in [-0.2, -0.15) is 0 Å². The van der Waals surface area contributed by atoms with E-state index in [1.165, 1.54) is 24.2 Å². The maximum absolute atomic E-state index is 12.7. The highest BCUT2D eigenvalue weighted by Crippen LogP contribution is 2.30. The number of amides is 1.